The molecule has 3 rings (SSSR count). The van der Waals surface area contributed by atoms with Gasteiger partial charge in [0.2, 0.25) is 0 Å². The van der Waals surface area contributed by atoms with E-state index in [4.69, 9.17) is 0 Å². The van der Waals surface area contributed by atoms with Crippen LogP contribution in [0.1, 0.15) is 55.8 Å². The van der Waals surface area contributed by atoms with Gasteiger partial charge in [-0.05, 0) is 45.0 Å². The zero-order valence-corrected chi connectivity index (χ0v) is 13.8. The minimum absolute atomic E-state index is 0.0826. The van der Waals surface area contributed by atoms with E-state index >= 15 is 0 Å². The molecule has 2 aliphatic rings. The molecule has 2 heterocycles. The number of hydrogen-bond donors (Lipinski definition) is 0. The molecule has 4 nitrogen and oxygen atoms in total. The lowest BCUT2D eigenvalue weighted by Gasteiger charge is -2.41. The summed E-state index contributed by atoms with van der Waals surface area (Å²) in [6.07, 6.45) is 10.7. The third kappa shape index (κ3) is 2.76. The predicted octanol–water partition coefficient (Wildman–Crippen LogP) is 2.95. The highest BCUT2D eigenvalue weighted by molar-refractivity contribution is 5.94. The number of pyridine rings is 1. The Morgan fingerprint density at radius 1 is 1.41 bits per heavy atom. The summed E-state index contributed by atoms with van der Waals surface area (Å²) in [6, 6.07) is 4.23. The molecule has 1 atom stereocenters. The van der Waals surface area contributed by atoms with Gasteiger partial charge in [0.05, 0.1) is 5.56 Å². The lowest BCUT2D eigenvalue weighted by atomic mass is 9.79. The normalized spacial score (nSPS) is 24.1. The smallest absolute Gasteiger partial charge is 0.255 e. The van der Waals surface area contributed by atoms with Gasteiger partial charge >= 0.3 is 0 Å². The van der Waals surface area contributed by atoms with Crippen LogP contribution in [0.4, 0.5) is 0 Å². The second kappa shape index (κ2) is 6.37. The minimum atomic E-state index is 0.0826. The molecule has 1 aromatic rings. The van der Waals surface area contributed by atoms with Crippen LogP contribution in [0, 0.1) is 0 Å². The van der Waals surface area contributed by atoms with E-state index in [0.717, 1.165) is 37.9 Å². The van der Waals surface area contributed by atoms with Crippen LogP contribution >= 0.6 is 0 Å². The number of carbonyl (C=O) groups excluding carboxylic acids is 1. The fourth-order valence-electron chi connectivity index (χ4n) is 4.20. The highest BCUT2D eigenvalue weighted by Gasteiger charge is 2.48. The third-order valence-corrected chi connectivity index (χ3v) is 5.64. The average molecular weight is 301 g/mol. The quantitative estimate of drug-likeness (QED) is 0.861. The van der Waals surface area contributed by atoms with Crippen molar-refractivity contribution in [2.24, 2.45) is 0 Å². The number of nitrogens with zero attached hydrogens (tertiary/aromatic N) is 3. The molecule has 4 heteroatoms. The maximum Gasteiger partial charge on any atom is 0.255 e. The van der Waals surface area contributed by atoms with Crippen molar-refractivity contribution in [2.75, 3.05) is 20.1 Å². The fourth-order valence-corrected chi connectivity index (χ4v) is 4.20. The highest BCUT2D eigenvalue weighted by atomic mass is 16.2. The number of likely N-dealkylation sites (tertiary alicyclic amines) is 1. The zero-order valence-electron chi connectivity index (χ0n) is 13.8. The van der Waals surface area contributed by atoms with Crippen LogP contribution < -0.4 is 0 Å². The van der Waals surface area contributed by atoms with Gasteiger partial charge in [-0.2, -0.15) is 0 Å². The molecule has 2 fully saturated rings. The SMILES string of the molecule is CCN(C)[C@@H]1CN(C(=O)c2cccnc2)C2(CCCCC2)C1. The second-order valence-corrected chi connectivity index (χ2v) is 6.87. The van der Waals surface area contributed by atoms with E-state index in [2.05, 4.69) is 28.8 Å². The van der Waals surface area contributed by atoms with Crippen molar-refractivity contribution >= 4 is 5.91 Å². The van der Waals surface area contributed by atoms with Crippen LogP contribution in [0.15, 0.2) is 24.5 Å². The van der Waals surface area contributed by atoms with Crippen LogP contribution in [-0.2, 0) is 0 Å². The van der Waals surface area contributed by atoms with E-state index in [1.165, 1.54) is 19.3 Å². The fraction of sp³-hybridized carbons (Fsp3) is 0.667. The van der Waals surface area contributed by atoms with Crippen LogP contribution in [-0.4, -0.2) is 52.4 Å². The molecule has 120 valence electrons. The van der Waals surface area contributed by atoms with Crippen molar-refractivity contribution in [2.45, 2.75) is 57.0 Å². The van der Waals surface area contributed by atoms with Crippen molar-refractivity contribution in [3.05, 3.63) is 30.1 Å². The molecule has 1 aromatic heterocycles. The molecule has 1 aliphatic heterocycles. The van der Waals surface area contributed by atoms with Gasteiger partial charge in [-0.3, -0.25) is 9.78 Å². The second-order valence-electron chi connectivity index (χ2n) is 6.87. The topological polar surface area (TPSA) is 36.4 Å². The Balaban J connectivity index is 1.87. The van der Waals surface area contributed by atoms with Gasteiger partial charge in [-0.1, -0.05) is 26.2 Å². The molecular formula is C18H27N3O. The summed E-state index contributed by atoms with van der Waals surface area (Å²) in [5, 5.41) is 0. The van der Waals surface area contributed by atoms with Crippen molar-refractivity contribution in [1.82, 2.24) is 14.8 Å². The Morgan fingerprint density at radius 3 is 2.82 bits per heavy atom. The Hall–Kier alpha value is -1.42. The molecule has 0 N–H and O–H groups in total. The largest absolute Gasteiger partial charge is 0.331 e. The van der Waals surface area contributed by atoms with Gasteiger partial charge in [0.25, 0.3) is 5.91 Å². The van der Waals surface area contributed by atoms with Crippen LogP contribution in [0.25, 0.3) is 0 Å². The third-order valence-electron chi connectivity index (χ3n) is 5.64. The maximum atomic E-state index is 13.0. The van der Waals surface area contributed by atoms with Gasteiger partial charge in [0.1, 0.15) is 0 Å². The molecule has 1 amide bonds. The maximum absolute atomic E-state index is 13.0. The Bertz CT molecular complexity index is 510. The van der Waals surface area contributed by atoms with E-state index in [9.17, 15) is 4.79 Å². The van der Waals surface area contributed by atoms with E-state index < -0.39 is 0 Å². The molecule has 0 bridgehead atoms. The monoisotopic (exact) mass is 301 g/mol. The first-order chi connectivity index (χ1) is 10.7. The lowest BCUT2D eigenvalue weighted by molar-refractivity contribution is 0.0499. The predicted molar refractivity (Wildman–Crippen MR) is 87.8 cm³/mol. The molecule has 0 aromatic carbocycles. The summed E-state index contributed by atoms with van der Waals surface area (Å²) >= 11 is 0. The number of hydrogen-bond acceptors (Lipinski definition) is 3. The Labute approximate surface area is 133 Å². The Morgan fingerprint density at radius 2 is 2.18 bits per heavy atom. The molecular weight excluding hydrogens is 274 g/mol. The van der Waals surface area contributed by atoms with Gasteiger partial charge in [-0.15, -0.1) is 0 Å². The first kappa shape index (κ1) is 15.5. The summed E-state index contributed by atoms with van der Waals surface area (Å²) in [7, 11) is 2.18. The first-order valence-electron chi connectivity index (χ1n) is 8.58. The zero-order chi connectivity index (χ0) is 15.6. The van der Waals surface area contributed by atoms with E-state index in [1.54, 1.807) is 12.4 Å². The summed E-state index contributed by atoms with van der Waals surface area (Å²) in [4.78, 5) is 21.7. The number of aromatic nitrogens is 1. The summed E-state index contributed by atoms with van der Waals surface area (Å²) in [5.41, 5.74) is 0.812. The molecule has 1 saturated carbocycles. The molecule has 0 unspecified atom stereocenters. The number of amides is 1. The van der Waals surface area contributed by atoms with Crippen molar-refractivity contribution in [3.8, 4) is 0 Å². The summed E-state index contributed by atoms with van der Waals surface area (Å²) in [5.74, 6) is 0.169. The molecule has 22 heavy (non-hydrogen) atoms. The first-order valence-corrected chi connectivity index (χ1v) is 8.58. The van der Waals surface area contributed by atoms with Crippen LogP contribution in [0.2, 0.25) is 0 Å². The van der Waals surface area contributed by atoms with Crippen molar-refractivity contribution < 1.29 is 4.79 Å². The van der Waals surface area contributed by atoms with E-state index in [0.29, 0.717) is 6.04 Å². The van der Waals surface area contributed by atoms with Crippen molar-refractivity contribution in [1.29, 1.82) is 0 Å². The minimum Gasteiger partial charge on any atom is -0.331 e. The number of likely N-dealkylation sites (N-methyl/N-ethyl adjacent to an activating group) is 1. The van der Waals surface area contributed by atoms with Crippen LogP contribution in [0.3, 0.4) is 0 Å². The number of carbonyl (C=O) groups is 1. The summed E-state index contributed by atoms with van der Waals surface area (Å²) < 4.78 is 0. The van der Waals surface area contributed by atoms with Gasteiger partial charge in [0.15, 0.2) is 0 Å². The summed E-state index contributed by atoms with van der Waals surface area (Å²) in [6.45, 7) is 4.09. The van der Waals surface area contributed by atoms with Gasteiger partial charge < -0.3 is 9.80 Å². The van der Waals surface area contributed by atoms with Crippen LogP contribution in [0.5, 0.6) is 0 Å². The van der Waals surface area contributed by atoms with Gasteiger partial charge in [0, 0.05) is 30.5 Å². The molecule has 1 spiro atoms. The lowest BCUT2D eigenvalue weighted by Crippen LogP contribution is -2.48. The average Bonchev–Trinajstić information content (AvgIpc) is 2.93. The molecule has 0 radical (unpaired) electrons. The molecule has 1 aliphatic carbocycles. The molecule has 1 saturated heterocycles. The van der Waals surface area contributed by atoms with Crippen molar-refractivity contribution in [3.63, 3.8) is 0 Å². The Kier molecular flexibility index (Phi) is 4.48. The highest BCUT2D eigenvalue weighted by Crippen LogP contribution is 2.43. The van der Waals surface area contributed by atoms with E-state index in [1.807, 2.05) is 12.1 Å². The standard InChI is InChI=1S/C18H27N3O/c1-3-20(2)16-12-18(9-5-4-6-10-18)21(14-16)17(22)15-8-7-11-19-13-15/h7-8,11,13,16H,3-6,9-10,12,14H2,1-2H3/t16-/m0/s1. The van der Waals surface area contributed by atoms with Gasteiger partial charge in [-0.25, -0.2) is 0 Å². The number of rotatable bonds is 3. The van der Waals surface area contributed by atoms with E-state index in [-0.39, 0.29) is 11.4 Å².